The second kappa shape index (κ2) is 19.5. The van der Waals surface area contributed by atoms with Crippen LogP contribution < -0.4 is 0 Å². The highest BCUT2D eigenvalue weighted by atomic mass is 16.1. The fraction of sp³-hybridized carbons (Fsp3) is 0.188. The zero-order chi connectivity index (χ0) is 41.7. The number of benzene rings is 4. The van der Waals surface area contributed by atoms with Gasteiger partial charge in [0.25, 0.3) is 0 Å². The SMILES string of the molecule is Cc1ccnnc1.[C-]#[N+]CCc1cc2c(/C=C/c3ccnnc3)cc(-c3cncn3C)cc2cc1C.[C-]#[N+]CCc1cc2c(C=O)cc(-c3cncn3C)cc2cc1C. The van der Waals surface area contributed by atoms with E-state index < -0.39 is 0 Å². The van der Waals surface area contributed by atoms with Crippen molar-refractivity contribution in [3.05, 3.63) is 178 Å². The Bertz CT molecular complexity index is 2830. The minimum atomic E-state index is 0.468. The molecule has 0 amide bonds. The van der Waals surface area contributed by atoms with E-state index in [2.05, 4.69) is 102 Å². The van der Waals surface area contributed by atoms with Crippen molar-refractivity contribution in [3.8, 4) is 22.5 Å². The fourth-order valence-electron chi connectivity index (χ4n) is 6.83. The zero-order valence-corrected chi connectivity index (χ0v) is 33.8. The van der Waals surface area contributed by atoms with Crippen LogP contribution in [0.25, 0.3) is 65.9 Å². The molecule has 0 saturated carbocycles. The van der Waals surface area contributed by atoms with Crippen LogP contribution in [0.4, 0.5) is 0 Å². The van der Waals surface area contributed by atoms with E-state index in [9.17, 15) is 4.79 Å². The Morgan fingerprint density at radius 2 is 1.14 bits per heavy atom. The summed E-state index contributed by atoms with van der Waals surface area (Å²) in [5.74, 6) is 0. The molecule has 0 radical (unpaired) electrons. The summed E-state index contributed by atoms with van der Waals surface area (Å²) in [6, 6.07) is 20.8. The van der Waals surface area contributed by atoms with Gasteiger partial charge in [0.1, 0.15) is 0 Å². The summed E-state index contributed by atoms with van der Waals surface area (Å²) in [5.41, 5.74) is 12.8. The molecule has 11 nitrogen and oxygen atoms in total. The van der Waals surface area contributed by atoms with Crippen LogP contribution in [0.3, 0.4) is 0 Å². The normalized spacial score (nSPS) is 10.7. The highest BCUT2D eigenvalue weighted by Crippen LogP contribution is 2.32. The van der Waals surface area contributed by atoms with Crippen LogP contribution in [-0.4, -0.2) is 58.9 Å². The Morgan fingerprint density at radius 3 is 1.56 bits per heavy atom. The third-order valence-corrected chi connectivity index (χ3v) is 10.0. The minimum Gasteiger partial charge on any atom is -0.334 e. The van der Waals surface area contributed by atoms with E-state index in [0.717, 1.165) is 73.8 Å². The van der Waals surface area contributed by atoms with Gasteiger partial charge in [-0.05, 0) is 124 Å². The van der Waals surface area contributed by atoms with Gasteiger partial charge in [-0.25, -0.2) is 23.1 Å². The maximum atomic E-state index is 11.6. The van der Waals surface area contributed by atoms with Crippen LogP contribution in [0.1, 0.15) is 49.3 Å². The molecule has 0 fully saturated rings. The predicted molar refractivity (Wildman–Crippen MR) is 235 cm³/mol. The summed E-state index contributed by atoms with van der Waals surface area (Å²) >= 11 is 0. The lowest BCUT2D eigenvalue weighted by Crippen LogP contribution is -1.96. The standard InChI is InChI=1S/C24H21N5.C19H17N3O.C5H6N2/c1-17-10-21-12-22(24-15-26-16-29(24)3)11-20(5-4-18-6-9-27-28-14-18)23(21)13-19(17)7-8-25-2;1-13-6-15-7-16(19-10-21-12-22(19)3)8-17(11-23)18(15)9-14(13)4-5-20-2;1-5-2-3-6-7-4-5/h4-6,9-16H,7-8H2,1,3H3;6-12H,4-5H2,1,3H3;2-4H,1H3/b5-4+;;. The molecule has 0 aliphatic rings. The maximum absolute atomic E-state index is 11.6. The molecule has 0 spiro atoms. The van der Waals surface area contributed by atoms with E-state index in [4.69, 9.17) is 13.1 Å². The number of fused-ring (bicyclic) bond motifs is 2. The van der Waals surface area contributed by atoms with Gasteiger partial charge in [0, 0.05) is 49.8 Å². The molecule has 0 saturated heterocycles. The van der Waals surface area contributed by atoms with E-state index in [0.29, 0.717) is 25.1 Å². The lowest BCUT2D eigenvalue weighted by Gasteiger charge is -2.12. The van der Waals surface area contributed by atoms with Crippen LogP contribution in [-0.2, 0) is 26.9 Å². The molecule has 59 heavy (non-hydrogen) atoms. The number of rotatable bonds is 9. The van der Waals surface area contributed by atoms with Gasteiger partial charge in [-0.1, -0.05) is 30.4 Å². The quantitative estimate of drug-likeness (QED) is 0.106. The lowest BCUT2D eigenvalue weighted by atomic mass is 9.93. The molecule has 11 heteroatoms. The number of aryl methyl sites for hydroxylation is 5. The Labute approximate surface area is 344 Å². The monoisotopic (exact) mass is 776 g/mol. The first-order valence-electron chi connectivity index (χ1n) is 19.1. The van der Waals surface area contributed by atoms with Gasteiger partial charge in [-0.3, -0.25) is 4.79 Å². The van der Waals surface area contributed by atoms with E-state index in [1.54, 1.807) is 37.3 Å². The second-order valence-electron chi connectivity index (χ2n) is 14.2. The molecule has 4 aromatic carbocycles. The van der Waals surface area contributed by atoms with Crippen molar-refractivity contribution in [2.45, 2.75) is 33.6 Å². The Hall–Kier alpha value is -7.63. The van der Waals surface area contributed by atoms with Gasteiger partial charge in [-0.2, -0.15) is 20.4 Å². The molecule has 0 unspecified atom stereocenters. The Balaban J connectivity index is 0.000000173. The van der Waals surface area contributed by atoms with Gasteiger partial charge < -0.3 is 18.8 Å². The minimum absolute atomic E-state index is 0.468. The molecule has 8 rings (SSSR count). The number of hydrogen-bond donors (Lipinski definition) is 0. The zero-order valence-electron chi connectivity index (χ0n) is 33.8. The van der Waals surface area contributed by atoms with Gasteiger partial charge in [0.05, 0.1) is 55.0 Å². The van der Waals surface area contributed by atoms with Crippen LogP contribution in [0, 0.1) is 33.9 Å². The highest BCUT2D eigenvalue weighted by molar-refractivity contribution is 6.01. The van der Waals surface area contributed by atoms with Crippen molar-refractivity contribution in [1.82, 2.24) is 39.5 Å². The van der Waals surface area contributed by atoms with Gasteiger partial charge in [-0.15, -0.1) is 0 Å². The number of carbonyl (C=O) groups excluding carboxylic acids is 1. The van der Waals surface area contributed by atoms with E-state index >= 15 is 0 Å². The molecule has 0 aliphatic heterocycles. The molecular weight excluding hydrogens is 733 g/mol. The van der Waals surface area contributed by atoms with Crippen LogP contribution in [0.15, 0.2) is 110 Å². The lowest BCUT2D eigenvalue weighted by molar-refractivity contribution is 0.112. The number of aromatic nitrogens is 8. The largest absolute Gasteiger partial charge is 0.334 e. The molecule has 0 aliphatic carbocycles. The van der Waals surface area contributed by atoms with E-state index in [1.807, 2.05) is 66.9 Å². The highest BCUT2D eigenvalue weighted by Gasteiger charge is 2.13. The van der Waals surface area contributed by atoms with Gasteiger partial charge >= 0.3 is 0 Å². The maximum Gasteiger partial charge on any atom is 0.218 e. The second-order valence-corrected chi connectivity index (χ2v) is 14.2. The third-order valence-electron chi connectivity index (χ3n) is 10.0. The Kier molecular flexibility index (Phi) is 13.5. The first-order valence-corrected chi connectivity index (χ1v) is 19.1. The summed E-state index contributed by atoms with van der Waals surface area (Å²) in [6.07, 6.45) is 20.6. The van der Waals surface area contributed by atoms with Crippen molar-refractivity contribution in [2.24, 2.45) is 14.1 Å². The number of aldehydes is 1. The molecule has 0 atom stereocenters. The molecule has 4 aromatic heterocycles. The number of nitrogens with zero attached hydrogens (tertiary/aromatic N) is 10. The van der Waals surface area contributed by atoms with E-state index in [-0.39, 0.29) is 0 Å². The van der Waals surface area contributed by atoms with Crippen molar-refractivity contribution in [2.75, 3.05) is 13.1 Å². The van der Waals surface area contributed by atoms with Crippen molar-refractivity contribution >= 4 is 40.0 Å². The Morgan fingerprint density at radius 1 is 0.610 bits per heavy atom. The average molecular weight is 777 g/mol. The topological polar surface area (TPSA) is 113 Å². The molecular formula is C48H44N10O. The summed E-state index contributed by atoms with van der Waals surface area (Å²) in [7, 11) is 3.94. The summed E-state index contributed by atoms with van der Waals surface area (Å²) in [6.45, 7) is 21.2. The summed E-state index contributed by atoms with van der Waals surface area (Å²) in [4.78, 5) is 26.9. The smallest absolute Gasteiger partial charge is 0.218 e. The third kappa shape index (κ3) is 10.2. The van der Waals surface area contributed by atoms with Crippen molar-refractivity contribution in [1.29, 1.82) is 0 Å². The van der Waals surface area contributed by atoms with E-state index in [1.165, 1.54) is 21.9 Å². The molecule has 292 valence electrons. The molecule has 8 aromatic rings. The molecule has 0 bridgehead atoms. The predicted octanol–water partition coefficient (Wildman–Crippen LogP) is 9.58. The summed E-state index contributed by atoms with van der Waals surface area (Å²) < 4.78 is 3.96. The van der Waals surface area contributed by atoms with Crippen LogP contribution in [0.2, 0.25) is 0 Å². The van der Waals surface area contributed by atoms with Crippen molar-refractivity contribution < 1.29 is 4.79 Å². The average Bonchev–Trinajstić information content (AvgIpc) is 3.89. The number of imidazole rings is 2. The first kappa shape index (κ1) is 41.0. The van der Waals surface area contributed by atoms with Gasteiger partial charge in [0.2, 0.25) is 13.1 Å². The van der Waals surface area contributed by atoms with Crippen molar-refractivity contribution in [3.63, 3.8) is 0 Å². The summed E-state index contributed by atoms with van der Waals surface area (Å²) in [5, 5.41) is 19.4. The van der Waals surface area contributed by atoms with Gasteiger partial charge in [0.15, 0.2) is 6.29 Å². The number of hydrogen-bond acceptors (Lipinski definition) is 7. The van der Waals surface area contributed by atoms with Crippen LogP contribution in [0.5, 0.6) is 0 Å². The number of carbonyl (C=O) groups is 1. The molecule has 0 N–H and O–H groups in total. The fourth-order valence-corrected chi connectivity index (χ4v) is 6.83. The molecule has 4 heterocycles. The van der Waals surface area contributed by atoms with Crippen LogP contribution >= 0.6 is 0 Å². The first-order chi connectivity index (χ1) is 28.7.